The van der Waals surface area contributed by atoms with Crippen molar-refractivity contribution in [2.24, 2.45) is 0 Å². The van der Waals surface area contributed by atoms with Crippen molar-refractivity contribution in [3.05, 3.63) is 59.7 Å². The van der Waals surface area contributed by atoms with E-state index in [9.17, 15) is 9.59 Å². The molecule has 1 N–H and O–H groups in total. The lowest BCUT2D eigenvalue weighted by Crippen LogP contribution is -2.29. The molecule has 0 saturated heterocycles. The molecule has 0 aliphatic carbocycles. The Morgan fingerprint density at radius 2 is 2.03 bits per heavy atom. The third kappa shape index (κ3) is 4.23. The smallest absolute Gasteiger partial charge is 0.289 e. The van der Waals surface area contributed by atoms with Gasteiger partial charge in [-0.05, 0) is 43.2 Å². The lowest BCUT2D eigenvalue weighted by atomic mass is 10.2. The topological polar surface area (TPSA) is 75.9 Å². The third-order valence-corrected chi connectivity index (χ3v) is 4.75. The Morgan fingerprint density at radius 1 is 1.24 bits per heavy atom. The minimum Gasteiger partial charge on any atom is -0.495 e. The highest BCUT2D eigenvalue weighted by Crippen LogP contribution is 2.26. The number of benzene rings is 1. The van der Waals surface area contributed by atoms with E-state index in [0.717, 1.165) is 18.4 Å². The van der Waals surface area contributed by atoms with Crippen LogP contribution in [0.3, 0.4) is 0 Å². The van der Waals surface area contributed by atoms with E-state index in [2.05, 4.69) is 17.2 Å². The second kappa shape index (κ2) is 8.77. The van der Waals surface area contributed by atoms with Gasteiger partial charge in [0, 0.05) is 19.8 Å². The van der Waals surface area contributed by atoms with Gasteiger partial charge in [0.1, 0.15) is 5.75 Å². The molecule has 2 aromatic heterocycles. The maximum atomic E-state index is 13.0. The number of rotatable bonds is 7. The van der Waals surface area contributed by atoms with Crippen LogP contribution in [0.1, 0.15) is 46.4 Å². The number of hydrogen-bond acceptors (Lipinski definition) is 4. The molecule has 0 fully saturated rings. The highest BCUT2D eigenvalue weighted by atomic mass is 16.5. The van der Waals surface area contributed by atoms with Crippen molar-refractivity contribution in [2.45, 2.75) is 26.7 Å². The first kappa shape index (κ1) is 20.4. The molecule has 0 aliphatic heterocycles. The molecule has 0 bridgehead atoms. The van der Waals surface area contributed by atoms with Crippen LogP contribution in [-0.4, -0.2) is 46.8 Å². The quantitative estimate of drug-likeness (QED) is 0.662. The molecule has 152 valence electrons. The van der Waals surface area contributed by atoms with Gasteiger partial charge in [-0.15, -0.1) is 0 Å². The average Bonchev–Trinajstić information content (AvgIpc) is 3.11. The van der Waals surface area contributed by atoms with Gasteiger partial charge >= 0.3 is 0 Å². The van der Waals surface area contributed by atoms with Gasteiger partial charge in [-0.25, -0.2) is 4.98 Å². The molecule has 0 spiro atoms. The molecule has 3 aromatic rings. The summed E-state index contributed by atoms with van der Waals surface area (Å²) in [7, 11) is 3.30. The fourth-order valence-electron chi connectivity index (χ4n) is 3.12. The molecule has 2 amide bonds. The predicted octanol–water partition coefficient (Wildman–Crippen LogP) is 3.78. The van der Waals surface area contributed by atoms with Crippen molar-refractivity contribution in [3.63, 3.8) is 0 Å². The molecule has 2 heterocycles. The zero-order chi connectivity index (χ0) is 21.0. The molecule has 0 radical (unpaired) electrons. The van der Waals surface area contributed by atoms with Crippen molar-refractivity contribution < 1.29 is 14.3 Å². The Morgan fingerprint density at radius 3 is 2.76 bits per heavy atom. The van der Waals surface area contributed by atoms with E-state index in [-0.39, 0.29) is 17.4 Å². The number of carbonyl (C=O) groups excluding carboxylic acids is 2. The number of hydrogen-bond donors (Lipinski definition) is 1. The summed E-state index contributed by atoms with van der Waals surface area (Å²) in [6, 6.07) is 10.9. The van der Waals surface area contributed by atoms with Crippen molar-refractivity contribution in [2.75, 3.05) is 26.0 Å². The second-order valence-electron chi connectivity index (χ2n) is 6.98. The first-order valence-corrected chi connectivity index (χ1v) is 9.64. The predicted molar refractivity (Wildman–Crippen MR) is 113 cm³/mol. The van der Waals surface area contributed by atoms with Crippen molar-refractivity contribution in [1.82, 2.24) is 14.3 Å². The van der Waals surface area contributed by atoms with Gasteiger partial charge in [-0.2, -0.15) is 0 Å². The zero-order valence-electron chi connectivity index (χ0n) is 17.2. The fraction of sp³-hybridized carbons (Fsp3) is 0.318. The van der Waals surface area contributed by atoms with Crippen LogP contribution in [0.15, 0.2) is 42.6 Å². The summed E-state index contributed by atoms with van der Waals surface area (Å²) < 4.78 is 7.00. The molecule has 3 rings (SSSR count). The molecule has 0 atom stereocenters. The van der Waals surface area contributed by atoms with Crippen LogP contribution in [-0.2, 0) is 0 Å². The number of nitrogens with one attached hydrogen (secondary N) is 1. The van der Waals surface area contributed by atoms with Gasteiger partial charge < -0.3 is 15.0 Å². The first-order valence-electron chi connectivity index (χ1n) is 9.64. The van der Waals surface area contributed by atoms with Gasteiger partial charge in [0.15, 0.2) is 5.69 Å². The number of aromatic nitrogens is 2. The zero-order valence-corrected chi connectivity index (χ0v) is 17.2. The number of unbranched alkanes of at least 4 members (excludes halogenated alkanes) is 1. The lowest BCUT2D eigenvalue weighted by molar-refractivity contribution is 0.0780. The monoisotopic (exact) mass is 394 g/mol. The van der Waals surface area contributed by atoms with E-state index in [4.69, 9.17) is 4.74 Å². The number of aryl methyl sites for hydroxylation is 1. The molecule has 29 heavy (non-hydrogen) atoms. The van der Waals surface area contributed by atoms with Crippen LogP contribution < -0.4 is 10.1 Å². The number of fused-ring (bicyclic) bond motifs is 1. The summed E-state index contributed by atoms with van der Waals surface area (Å²) in [5.41, 5.74) is 2.32. The Labute approximate surface area is 170 Å². The Kier molecular flexibility index (Phi) is 6.16. The number of ether oxygens (including phenoxy) is 1. The Balaban J connectivity index is 1.97. The normalized spacial score (nSPS) is 10.8. The van der Waals surface area contributed by atoms with Gasteiger partial charge in [0.25, 0.3) is 11.8 Å². The molecule has 1 aromatic carbocycles. The van der Waals surface area contributed by atoms with Crippen molar-refractivity contribution in [3.8, 4) is 5.75 Å². The SMILES string of the molecule is CCCCN(C)C(=O)c1nc(C(=O)Nc2cc(C)ccc2OC)c2ccccn12. The summed E-state index contributed by atoms with van der Waals surface area (Å²) in [6.07, 6.45) is 3.64. The second-order valence-corrected chi connectivity index (χ2v) is 6.98. The Hall–Kier alpha value is -3.35. The van der Waals surface area contributed by atoms with Crippen LogP contribution >= 0.6 is 0 Å². The van der Waals surface area contributed by atoms with E-state index in [1.54, 1.807) is 41.8 Å². The van der Waals surface area contributed by atoms with Crippen LogP contribution in [0, 0.1) is 6.92 Å². The largest absolute Gasteiger partial charge is 0.495 e. The number of methoxy groups -OCH3 is 1. The minimum absolute atomic E-state index is 0.196. The van der Waals surface area contributed by atoms with Crippen LogP contribution in [0.4, 0.5) is 5.69 Å². The molecule has 7 nitrogen and oxygen atoms in total. The van der Waals surface area contributed by atoms with Crippen molar-refractivity contribution >= 4 is 23.0 Å². The van der Waals surface area contributed by atoms with E-state index in [1.807, 2.05) is 31.2 Å². The number of pyridine rings is 1. The highest BCUT2D eigenvalue weighted by molar-refractivity contribution is 6.09. The molecule has 7 heteroatoms. The van der Waals surface area contributed by atoms with E-state index >= 15 is 0 Å². The summed E-state index contributed by atoms with van der Waals surface area (Å²) in [4.78, 5) is 32.0. The number of anilines is 1. The summed E-state index contributed by atoms with van der Waals surface area (Å²) in [5.74, 6) is 0.170. The molecular weight excluding hydrogens is 368 g/mol. The third-order valence-electron chi connectivity index (χ3n) is 4.75. The van der Waals surface area contributed by atoms with Crippen LogP contribution in [0.25, 0.3) is 5.52 Å². The molecule has 0 aliphatic rings. The Bertz CT molecular complexity index is 1040. The number of amides is 2. The maximum absolute atomic E-state index is 13.0. The number of nitrogens with zero attached hydrogens (tertiary/aromatic N) is 3. The number of carbonyl (C=O) groups is 2. The fourth-order valence-corrected chi connectivity index (χ4v) is 3.12. The summed E-state index contributed by atoms with van der Waals surface area (Å²) in [5, 5.41) is 2.86. The summed E-state index contributed by atoms with van der Waals surface area (Å²) in [6.45, 7) is 4.65. The van der Waals surface area contributed by atoms with Crippen LogP contribution in [0.5, 0.6) is 5.75 Å². The number of imidazole rings is 1. The molecular formula is C22H26N4O3. The average molecular weight is 394 g/mol. The van der Waals surface area contributed by atoms with Gasteiger partial charge in [-0.1, -0.05) is 25.5 Å². The maximum Gasteiger partial charge on any atom is 0.289 e. The molecule has 0 unspecified atom stereocenters. The van der Waals surface area contributed by atoms with Gasteiger partial charge in [0.2, 0.25) is 5.82 Å². The van der Waals surface area contributed by atoms with Gasteiger partial charge in [0.05, 0.1) is 18.3 Å². The van der Waals surface area contributed by atoms with Crippen LogP contribution in [0.2, 0.25) is 0 Å². The van der Waals surface area contributed by atoms with Gasteiger partial charge in [-0.3, -0.25) is 14.0 Å². The molecule has 0 saturated carbocycles. The first-order chi connectivity index (χ1) is 14.0. The van der Waals surface area contributed by atoms with Crippen molar-refractivity contribution in [1.29, 1.82) is 0 Å². The minimum atomic E-state index is -0.395. The standard InChI is InChI=1S/C22H26N4O3/c1-5-6-12-25(3)22(28)20-24-19(17-9-7-8-13-26(17)20)21(27)23-16-14-15(2)10-11-18(16)29-4/h7-11,13-14H,5-6,12H2,1-4H3,(H,23,27). The van der Waals surface area contributed by atoms with E-state index < -0.39 is 5.91 Å². The van der Waals surface area contributed by atoms with E-state index in [0.29, 0.717) is 23.5 Å². The van der Waals surface area contributed by atoms with E-state index in [1.165, 1.54) is 0 Å². The summed E-state index contributed by atoms with van der Waals surface area (Å²) >= 11 is 0. The highest BCUT2D eigenvalue weighted by Gasteiger charge is 2.24. The lowest BCUT2D eigenvalue weighted by Gasteiger charge is -2.15.